The third-order valence-corrected chi connectivity index (χ3v) is 1.66. The molecule has 0 saturated carbocycles. The maximum absolute atomic E-state index is 11.1. The minimum absolute atomic E-state index is 0.361. The fourth-order valence-electron chi connectivity index (χ4n) is 0.989. The molecule has 4 heteroatoms. The summed E-state index contributed by atoms with van der Waals surface area (Å²) in [5, 5.41) is 0. The molecule has 0 aliphatic rings. The van der Waals surface area contributed by atoms with E-state index >= 15 is 0 Å². The lowest BCUT2D eigenvalue weighted by Crippen LogP contribution is -2.03. The molecule has 0 aromatic carbocycles. The molecule has 0 aliphatic carbocycles. The first-order valence-corrected chi connectivity index (χ1v) is 3.82. The first kappa shape index (κ1) is 8.77. The number of nitrogens with one attached hydrogen (secondary N) is 1. The number of carbonyl (C=O) groups excluding carboxylic acids is 1. The first-order chi connectivity index (χ1) is 5.69. The second-order valence-corrected chi connectivity index (χ2v) is 2.49. The van der Waals surface area contributed by atoms with Crippen molar-refractivity contribution in [1.82, 2.24) is 9.97 Å². The summed E-state index contributed by atoms with van der Waals surface area (Å²) >= 11 is 0. The summed E-state index contributed by atoms with van der Waals surface area (Å²) in [6.45, 7) is 3.75. The molecule has 66 valence electrons. The summed E-state index contributed by atoms with van der Waals surface area (Å²) in [6, 6.07) is 0. The molecule has 0 fully saturated rings. The van der Waals surface area contributed by atoms with Crippen LogP contribution in [0.3, 0.4) is 0 Å². The van der Waals surface area contributed by atoms with Crippen LogP contribution in [0.4, 0.5) is 0 Å². The molecule has 1 heterocycles. The lowest BCUT2D eigenvalue weighted by molar-refractivity contribution is 0.0593. The smallest absolute Gasteiger partial charge is 0.356 e. The molecule has 0 saturated heterocycles. The molecular weight excluding hydrogens is 156 g/mol. The molecule has 1 rings (SSSR count). The quantitative estimate of drug-likeness (QED) is 0.672. The van der Waals surface area contributed by atoms with Crippen molar-refractivity contribution in [1.29, 1.82) is 0 Å². The van der Waals surface area contributed by atoms with Gasteiger partial charge in [-0.25, -0.2) is 9.78 Å². The Balaban J connectivity index is 2.99. The molecule has 0 aliphatic heterocycles. The Labute approximate surface area is 71.0 Å². The van der Waals surface area contributed by atoms with E-state index in [-0.39, 0.29) is 5.97 Å². The third-order valence-electron chi connectivity index (χ3n) is 1.66. The second-order valence-electron chi connectivity index (χ2n) is 2.49. The molecule has 0 spiro atoms. The van der Waals surface area contributed by atoms with Crippen molar-refractivity contribution in [2.45, 2.75) is 20.3 Å². The van der Waals surface area contributed by atoms with Gasteiger partial charge in [0.2, 0.25) is 0 Å². The number of hydrogen-bond donors (Lipinski definition) is 1. The third kappa shape index (κ3) is 1.47. The van der Waals surface area contributed by atoms with Crippen molar-refractivity contribution >= 4 is 5.97 Å². The van der Waals surface area contributed by atoms with Crippen LogP contribution in [0.15, 0.2) is 0 Å². The molecular formula is C8H12N2O2. The predicted molar refractivity (Wildman–Crippen MR) is 44.0 cm³/mol. The summed E-state index contributed by atoms with van der Waals surface area (Å²) in [6.07, 6.45) is 0.790. The van der Waals surface area contributed by atoms with Crippen LogP contribution in [0.5, 0.6) is 0 Å². The van der Waals surface area contributed by atoms with Crippen LogP contribution in [-0.2, 0) is 11.2 Å². The summed E-state index contributed by atoms with van der Waals surface area (Å²) in [7, 11) is 1.36. The number of rotatable bonds is 2. The van der Waals surface area contributed by atoms with E-state index in [1.54, 1.807) is 6.92 Å². The van der Waals surface area contributed by atoms with Gasteiger partial charge in [0, 0.05) is 6.42 Å². The van der Waals surface area contributed by atoms with Crippen molar-refractivity contribution in [2.24, 2.45) is 0 Å². The first-order valence-electron chi connectivity index (χ1n) is 3.82. The van der Waals surface area contributed by atoms with Gasteiger partial charge in [-0.05, 0) is 6.92 Å². The highest BCUT2D eigenvalue weighted by Gasteiger charge is 2.13. The SMILES string of the molecule is CCc1nc(C)c(C(=O)OC)[nH]1. The van der Waals surface area contributed by atoms with Gasteiger partial charge in [0.25, 0.3) is 0 Å². The number of carbonyl (C=O) groups is 1. The fraction of sp³-hybridized carbons (Fsp3) is 0.500. The molecule has 4 nitrogen and oxygen atoms in total. The van der Waals surface area contributed by atoms with Crippen molar-refractivity contribution in [2.75, 3.05) is 7.11 Å². The Morgan fingerprint density at radius 1 is 1.67 bits per heavy atom. The van der Waals surface area contributed by atoms with E-state index in [9.17, 15) is 4.79 Å². The zero-order valence-electron chi connectivity index (χ0n) is 7.47. The van der Waals surface area contributed by atoms with Crippen LogP contribution in [0.2, 0.25) is 0 Å². The maximum Gasteiger partial charge on any atom is 0.356 e. The van der Waals surface area contributed by atoms with E-state index in [1.807, 2.05) is 6.92 Å². The predicted octanol–water partition coefficient (Wildman–Crippen LogP) is 1.07. The molecule has 1 aromatic heterocycles. The Kier molecular flexibility index (Phi) is 2.47. The van der Waals surface area contributed by atoms with Gasteiger partial charge in [-0.2, -0.15) is 0 Å². The highest BCUT2D eigenvalue weighted by molar-refractivity contribution is 5.88. The number of imidazole rings is 1. The van der Waals surface area contributed by atoms with Crippen LogP contribution in [-0.4, -0.2) is 23.0 Å². The van der Waals surface area contributed by atoms with Gasteiger partial charge < -0.3 is 9.72 Å². The molecule has 1 aromatic rings. The molecule has 1 N–H and O–H groups in total. The molecule has 0 radical (unpaired) electrons. The lowest BCUT2D eigenvalue weighted by atomic mass is 10.3. The zero-order chi connectivity index (χ0) is 9.14. The van der Waals surface area contributed by atoms with Gasteiger partial charge in [-0.1, -0.05) is 6.92 Å². The van der Waals surface area contributed by atoms with Crippen LogP contribution in [0.1, 0.15) is 28.9 Å². The van der Waals surface area contributed by atoms with Crippen molar-refractivity contribution < 1.29 is 9.53 Å². The van der Waals surface area contributed by atoms with Gasteiger partial charge >= 0.3 is 5.97 Å². The normalized spacial score (nSPS) is 9.92. The van der Waals surface area contributed by atoms with E-state index in [0.717, 1.165) is 12.2 Å². The van der Waals surface area contributed by atoms with Crippen LogP contribution in [0.25, 0.3) is 0 Å². The number of aromatic amines is 1. The number of methoxy groups -OCH3 is 1. The van der Waals surface area contributed by atoms with Crippen LogP contribution in [0, 0.1) is 6.92 Å². The minimum Gasteiger partial charge on any atom is -0.464 e. The van der Waals surface area contributed by atoms with E-state index in [0.29, 0.717) is 11.4 Å². The Bertz CT molecular complexity index is 291. The zero-order valence-corrected chi connectivity index (χ0v) is 7.47. The number of aromatic nitrogens is 2. The molecule has 0 unspecified atom stereocenters. The summed E-state index contributed by atoms with van der Waals surface area (Å²) in [4.78, 5) is 18.1. The second kappa shape index (κ2) is 3.38. The Morgan fingerprint density at radius 3 is 2.75 bits per heavy atom. The van der Waals surface area contributed by atoms with Crippen LogP contribution < -0.4 is 0 Å². The standard InChI is InChI=1S/C8H12N2O2/c1-4-6-9-5(2)7(10-6)8(11)12-3/h4H2,1-3H3,(H,9,10). The van der Waals surface area contributed by atoms with E-state index in [1.165, 1.54) is 7.11 Å². The van der Waals surface area contributed by atoms with Gasteiger partial charge in [-0.15, -0.1) is 0 Å². The van der Waals surface area contributed by atoms with Gasteiger partial charge in [0.05, 0.1) is 12.8 Å². The number of aryl methyl sites for hydroxylation is 2. The van der Waals surface area contributed by atoms with Crippen molar-refractivity contribution in [3.63, 3.8) is 0 Å². The number of hydrogen-bond acceptors (Lipinski definition) is 3. The lowest BCUT2D eigenvalue weighted by Gasteiger charge is -1.94. The van der Waals surface area contributed by atoms with Crippen LogP contribution >= 0.6 is 0 Å². The average molecular weight is 168 g/mol. The molecule has 0 amide bonds. The average Bonchev–Trinajstić information content (AvgIpc) is 2.45. The Morgan fingerprint density at radius 2 is 2.33 bits per heavy atom. The van der Waals surface area contributed by atoms with E-state index in [4.69, 9.17) is 0 Å². The molecule has 0 bridgehead atoms. The van der Waals surface area contributed by atoms with Crippen molar-refractivity contribution in [3.8, 4) is 0 Å². The maximum atomic E-state index is 11.1. The van der Waals surface area contributed by atoms with Crippen molar-refractivity contribution in [3.05, 3.63) is 17.2 Å². The summed E-state index contributed by atoms with van der Waals surface area (Å²) in [5.41, 5.74) is 1.15. The summed E-state index contributed by atoms with van der Waals surface area (Å²) in [5.74, 6) is 0.451. The number of H-pyrrole nitrogens is 1. The minimum atomic E-state index is -0.361. The highest BCUT2D eigenvalue weighted by atomic mass is 16.5. The highest BCUT2D eigenvalue weighted by Crippen LogP contribution is 2.06. The summed E-state index contributed by atoms with van der Waals surface area (Å²) < 4.78 is 4.56. The Hall–Kier alpha value is -1.32. The number of esters is 1. The van der Waals surface area contributed by atoms with Gasteiger partial charge in [-0.3, -0.25) is 0 Å². The molecule has 12 heavy (non-hydrogen) atoms. The molecule has 0 atom stereocenters. The number of ether oxygens (including phenoxy) is 1. The largest absolute Gasteiger partial charge is 0.464 e. The monoisotopic (exact) mass is 168 g/mol. The topological polar surface area (TPSA) is 55.0 Å². The fourth-order valence-corrected chi connectivity index (χ4v) is 0.989. The van der Waals surface area contributed by atoms with E-state index < -0.39 is 0 Å². The van der Waals surface area contributed by atoms with E-state index in [2.05, 4.69) is 14.7 Å². The van der Waals surface area contributed by atoms with Gasteiger partial charge in [0.1, 0.15) is 11.5 Å². The van der Waals surface area contributed by atoms with Gasteiger partial charge in [0.15, 0.2) is 0 Å². The number of nitrogens with zero attached hydrogens (tertiary/aromatic N) is 1.